The summed E-state index contributed by atoms with van der Waals surface area (Å²) < 4.78 is 5.86. The number of nitrogen functional groups attached to an aromatic ring is 1. The van der Waals surface area contributed by atoms with Gasteiger partial charge in [0.05, 0.1) is 0 Å². The van der Waals surface area contributed by atoms with Crippen LogP contribution in [-0.4, -0.2) is 4.98 Å². The molecule has 0 bridgehead atoms. The first-order valence-electron chi connectivity index (χ1n) is 6.13. The Kier molecular flexibility index (Phi) is 3.02. The molecular formula is C16H14N2O. The quantitative estimate of drug-likeness (QED) is 0.725. The van der Waals surface area contributed by atoms with Gasteiger partial charge in [0.2, 0.25) is 0 Å². The molecule has 0 aliphatic heterocycles. The van der Waals surface area contributed by atoms with E-state index in [1.165, 1.54) is 0 Å². The van der Waals surface area contributed by atoms with Gasteiger partial charge in [-0.1, -0.05) is 30.3 Å². The summed E-state index contributed by atoms with van der Waals surface area (Å²) in [6.45, 7) is 0.536. The SMILES string of the molecule is Nc1ccc(OCc2ccccc2)c2cnccc12. The van der Waals surface area contributed by atoms with E-state index in [4.69, 9.17) is 10.5 Å². The highest BCUT2D eigenvalue weighted by atomic mass is 16.5. The van der Waals surface area contributed by atoms with Crippen LogP contribution in [0, 0.1) is 0 Å². The van der Waals surface area contributed by atoms with Gasteiger partial charge in [-0.25, -0.2) is 0 Å². The maximum Gasteiger partial charge on any atom is 0.129 e. The summed E-state index contributed by atoms with van der Waals surface area (Å²) in [5.41, 5.74) is 7.82. The monoisotopic (exact) mass is 250 g/mol. The number of rotatable bonds is 3. The summed E-state index contributed by atoms with van der Waals surface area (Å²) in [6, 6.07) is 15.7. The van der Waals surface area contributed by atoms with Gasteiger partial charge >= 0.3 is 0 Å². The van der Waals surface area contributed by atoms with E-state index < -0.39 is 0 Å². The molecule has 0 atom stereocenters. The van der Waals surface area contributed by atoms with Gasteiger partial charge in [0.1, 0.15) is 12.4 Å². The molecule has 0 unspecified atom stereocenters. The molecule has 3 heteroatoms. The lowest BCUT2D eigenvalue weighted by Crippen LogP contribution is -1.97. The average molecular weight is 250 g/mol. The van der Waals surface area contributed by atoms with Gasteiger partial charge in [0.15, 0.2) is 0 Å². The standard InChI is InChI=1S/C16H14N2O/c17-15-6-7-16(14-10-18-9-8-13(14)15)19-11-12-4-2-1-3-5-12/h1-10H,11,17H2. The molecule has 2 N–H and O–H groups in total. The van der Waals surface area contributed by atoms with Crippen molar-refractivity contribution in [2.75, 3.05) is 5.73 Å². The maximum absolute atomic E-state index is 5.95. The number of pyridine rings is 1. The Morgan fingerprint density at radius 2 is 1.79 bits per heavy atom. The molecule has 19 heavy (non-hydrogen) atoms. The third-order valence-electron chi connectivity index (χ3n) is 3.05. The van der Waals surface area contributed by atoms with Gasteiger partial charge in [0, 0.05) is 28.9 Å². The Labute approximate surface area is 111 Å². The number of anilines is 1. The number of hydrogen-bond donors (Lipinski definition) is 1. The minimum absolute atomic E-state index is 0.536. The summed E-state index contributed by atoms with van der Waals surface area (Å²) in [5.74, 6) is 0.807. The highest BCUT2D eigenvalue weighted by molar-refractivity contribution is 5.96. The van der Waals surface area contributed by atoms with Crippen molar-refractivity contribution < 1.29 is 4.74 Å². The normalized spacial score (nSPS) is 10.5. The first-order chi connectivity index (χ1) is 9.34. The van der Waals surface area contributed by atoms with Crippen LogP contribution in [0.2, 0.25) is 0 Å². The van der Waals surface area contributed by atoms with Crippen molar-refractivity contribution in [2.24, 2.45) is 0 Å². The minimum atomic E-state index is 0.536. The van der Waals surface area contributed by atoms with Crippen LogP contribution < -0.4 is 10.5 Å². The van der Waals surface area contributed by atoms with Gasteiger partial charge in [-0.15, -0.1) is 0 Å². The molecule has 3 rings (SSSR count). The second-order valence-electron chi connectivity index (χ2n) is 4.35. The molecule has 0 radical (unpaired) electrons. The number of fused-ring (bicyclic) bond motifs is 1. The number of aromatic nitrogens is 1. The molecule has 1 aromatic heterocycles. The van der Waals surface area contributed by atoms with Gasteiger partial charge in [-0.05, 0) is 23.8 Å². The van der Waals surface area contributed by atoms with Crippen molar-refractivity contribution in [1.82, 2.24) is 4.98 Å². The number of nitrogens with zero attached hydrogens (tertiary/aromatic N) is 1. The molecule has 0 saturated heterocycles. The van der Waals surface area contributed by atoms with Crippen LogP contribution in [0.15, 0.2) is 60.9 Å². The lowest BCUT2D eigenvalue weighted by atomic mass is 10.1. The van der Waals surface area contributed by atoms with Crippen LogP contribution in [0.1, 0.15) is 5.56 Å². The maximum atomic E-state index is 5.95. The van der Waals surface area contributed by atoms with Crippen molar-refractivity contribution in [3.8, 4) is 5.75 Å². The second-order valence-corrected chi connectivity index (χ2v) is 4.35. The first-order valence-corrected chi connectivity index (χ1v) is 6.13. The van der Waals surface area contributed by atoms with Crippen molar-refractivity contribution in [3.63, 3.8) is 0 Å². The summed E-state index contributed by atoms with van der Waals surface area (Å²) in [5, 5.41) is 1.92. The molecule has 94 valence electrons. The third-order valence-corrected chi connectivity index (χ3v) is 3.05. The van der Waals surface area contributed by atoms with Gasteiger partial charge in [-0.3, -0.25) is 4.98 Å². The summed E-state index contributed by atoms with van der Waals surface area (Å²) in [6.07, 6.45) is 3.52. The molecule has 0 aliphatic rings. The van der Waals surface area contributed by atoms with E-state index in [0.29, 0.717) is 6.61 Å². The van der Waals surface area contributed by atoms with Crippen molar-refractivity contribution in [3.05, 3.63) is 66.5 Å². The predicted octanol–water partition coefficient (Wildman–Crippen LogP) is 3.40. The zero-order valence-electron chi connectivity index (χ0n) is 10.4. The van der Waals surface area contributed by atoms with Crippen molar-refractivity contribution >= 4 is 16.5 Å². The molecule has 1 heterocycles. The second kappa shape index (κ2) is 4.98. The van der Waals surface area contributed by atoms with Crippen LogP contribution in [0.25, 0.3) is 10.8 Å². The van der Waals surface area contributed by atoms with Crippen LogP contribution in [0.4, 0.5) is 5.69 Å². The zero-order chi connectivity index (χ0) is 13.1. The predicted molar refractivity (Wildman–Crippen MR) is 76.9 cm³/mol. The molecule has 0 saturated carbocycles. The summed E-state index contributed by atoms with van der Waals surface area (Å²) in [7, 11) is 0. The van der Waals surface area contributed by atoms with Crippen molar-refractivity contribution in [1.29, 1.82) is 0 Å². The van der Waals surface area contributed by atoms with Crippen LogP contribution >= 0.6 is 0 Å². The Hall–Kier alpha value is -2.55. The molecule has 3 nitrogen and oxygen atoms in total. The first kappa shape index (κ1) is 11.5. The van der Waals surface area contributed by atoms with Crippen LogP contribution in [0.3, 0.4) is 0 Å². The van der Waals surface area contributed by atoms with E-state index in [1.54, 1.807) is 12.4 Å². The lowest BCUT2D eigenvalue weighted by molar-refractivity contribution is 0.310. The van der Waals surface area contributed by atoms with E-state index in [2.05, 4.69) is 4.98 Å². The molecule has 0 spiro atoms. The smallest absolute Gasteiger partial charge is 0.129 e. The Morgan fingerprint density at radius 3 is 2.63 bits per heavy atom. The number of nitrogens with two attached hydrogens (primary N) is 1. The minimum Gasteiger partial charge on any atom is -0.488 e. The molecule has 0 fully saturated rings. The van der Waals surface area contributed by atoms with Gasteiger partial charge in [-0.2, -0.15) is 0 Å². The topological polar surface area (TPSA) is 48.1 Å². The molecular weight excluding hydrogens is 236 g/mol. The number of benzene rings is 2. The fourth-order valence-corrected chi connectivity index (χ4v) is 2.05. The molecule has 0 amide bonds. The van der Waals surface area contributed by atoms with Crippen LogP contribution in [0.5, 0.6) is 5.75 Å². The van der Waals surface area contributed by atoms with Gasteiger partial charge in [0.25, 0.3) is 0 Å². The molecule has 3 aromatic rings. The average Bonchev–Trinajstić information content (AvgIpc) is 2.48. The van der Waals surface area contributed by atoms with E-state index in [0.717, 1.165) is 27.8 Å². The third kappa shape index (κ3) is 2.36. The number of ether oxygens (including phenoxy) is 1. The molecule has 0 aliphatic carbocycles. The Morgan fingerprint density at radius 1 is 0.947 bits per heavy atom. The highest BCUT2D eigenvalue weighted by Gasteiger charge is 2.05. The largest absolute Gasteiger partial charge is 0.488 e. The Bertz CT molecular complexity index is 695. The lowest BCUT2D eigenvalue weighted by Gasteiger charge is -2.10. The van der Waals surface area contributed by atoms with E-state index >= 15 is 0 Å². The summed E-state index contributed by atoms with van der Waals surface area (Å²) >= 11 is 0. The van der Waals surface area contributed by atoms with Crippen molar-refractivity contribution in [2.45, 2.75) is 6.61 Å². The van der Waals surface area contributed by atoms with E-state index in [9.17, 15) is 0 Å². The van der Waals surface area contributed by atoms with Gasteiger partial charge < -0.3 is 10.5 Å². The fraction of sp³-hybridized carbons (Fsp3) is 0.0625. The van der Waals surface area contributed by atoms with Crippen LogP contribution in [-0.2, 0) is 6.61 Å². The van der Waals surface area contributed by atoms with E-state index in [-0.39, 0.29) is 0 Å². The fourth-order valence-electron chi connectivity index (χ4n) is 2.05. The Balaban J connectivity index is 1.91. The number of hydrogen-bond acceptors (Lipinski definition) is 3. The van der Waals surface area contributed by atoms with E-state index in [1.807, 2.05) is 48.5 Å². The summed E-state index contributed by atoms with van der Waals surface area (Å²) in [4.78, 5) is 4.13. The highest BCUT2D eigenvalue weighted by Crippen LogP contribution is 2.29. The molecule has 2 aromatic carbocycles. The zero-order valence-corrected chi connectivity index (χ0v) is 10.4.